The molecule has 2 heterocycles. The molecule has 4 rings (SSSR count). The third kappa shape index (κ3) is 9.18. The fourth-order valence-electron chi connectivity index (χ4n) is 5.32. The van der Waals surface area contributed by atoms with Gasteiger partial charge in [0.1, 0.15) is 28.5 Å². The molecule has 12 heteroatoms. The van der Waals surface area contributed by atoms with E-state index in [1.165, 1.54) is 12.1 Å². The normalized spacial score (nSPS) is 13.2. The van der Waals surface area contributed by atoms with Crippen molar-refractivity contribution >= 4 is 42.7 Å². The molecule has 1 amide bonds. The predicted octanol–water partition coefficient (Wildman–Crippen LogP) is 9.11. The first-order valence-corrected chi connectivity index (χ1v) is 19.3. The van der Waals surface area contributed by atoms with E-state index in [2.05, 4.69) is 56.1 Å². The molecule has 0 radical (unpaired) electrons. The van der Waals surface area contributed by atoms with Crippen LogP contribution >= 0.6 is 11.6 Å². The monoisotopic (exact) mass is 709 g/mol. The molecule has 262 valence electrons. The molecule has 0 saturated heterocycles. The summed E-state index contributed by atoms with van der Waals surface area (Å²) in [6.45, 7) is 19.9. The quantitative estimate of drug-likeness (QED) is 0.147. The number of pyridine rings is 1. The van der Waals surface area contributed by atoms with Crippen molar-refractivity contribution in [3.8, 4) is 23.0 Å². The summed E-state index contributed by atoms with van der Waals surface area (Å²) in [4.78, 5) is 18.3. The van der Waals surface area contributed by atoms with Crippen LogP contribution in [0.25, 0.3) is 22.0 Å². The van der Waals surface area contributed by atoms with Gasteiger partial charge in [-0.05, 0) is 101 Å². The summed E-state index contributed by atoms with van der Waals surface area (Å²) in [5.74, 6) is 5.21. The van der Waals surface area contributed by atoms with E-state index < -0.39 is 43.3 Å². The number of nitrogen functional groups attached to an aromatic ring is 1. The zero-order valence-corrected chi connectivity index (χ0v) is 31.9. The van der Waals surface area contributed by atoms with Crippen molar-refractivity contribution in [1.82, 2.24) is 20.1 Å². The lowest BCUT2D eigenvalue weighted by Crippen LogP contribution is -2.47. The van der Waals surface area contributed by atoms with E-state index in [9.17, 15) is 13.6 Å². The van der Waals surface area contributed by atoms with Crippen LogP contribution in [-0.4, -0.2) is 40.4 Å². The molecule has 8 nitrogen and oxygen atoms in total. The number of carbonyl (C=O) groups excluding carboxylic acids is 1. The van der Waals surface area contributed by atoms with E-state index in [4.69, 9.17) is 31.5 Å². The first kappa shape index (κ1) is 37.8. The summed E-state index contributed by atoms with van der Waals surface area (Å²) in [6, 6.07) is 9.48. The number of ether oxygens (including phenoxy) is 1. The van der Waals surface area contributed by atoms with Gasteiger partial charge in [-0.2, -0.15) is 5.10 Å². The molecule has 0 spiro atoms. The van der Waals surface area contributed by atoms with Crippen molar-refractivity contribution in [1.29, 1.82) is 0 Å². The number of alkyl carbamates (subject to hydrolysis) is 1. The van der Waals surface area contributed by atoms with Crippen molar-refractivity contribution in [2.75, 3.05) is 5.73 Å². The molecule has 0 fully saturated rings. The van der Waals surface area contributed by atoms with Crippen molar-refractivity contribution in [3.05, 3.63) is 76.1 Å². The molecule has 49 heavy (non-hydrogen) atoms. The van der Waals surface area contributed by atoms with E-state index in [-0.39, 0.29) is 17.3 Å². The Kier molecular flexibility index (Phi) is 10.6. The Morgan fingerprint density at radius 3 is 2.22 bits per heavy atom. The molecule has 0 aliphatic rings. The minimum atomic E-state index is -2.16. The maximum absolute atomic E-state index is 14.4. The molecule has 0 saturated carbocycles. The zero-order chi connectivity index (χ0) is 36.7. The number of nitrogens with two attached hydrogens (primary N) is 1. The Bertz CT molecular complexity index is 1930. The highest BCUT2D eigenvalue weighted by Gasteiger charge is 2.41. The molecule has 0 aliphatic carbocycles. The van der Waals surface area contributed by atoms with Gasteiger partial charge in [-0.3, -0.25) is 4.68 Å². The molecule has 0 bridgehead atoms. The number of benzene rings is 2. The number of rotatable bonds is 7. The SMILES string of the molecule is Cn1nc(N)c2c(Cl)ccc(-c3ccc(C#CC(C)(C)O[Si](C)(C)C(C)(C)C)nc3[C@H](Cc3cc(F)cc(F)c3)NC(=O)OC(C)(C)C)c21. The topological polar surface area (TPSA) is 104 Å². The van der Waals surface area contributed by atoms with E-state index in [0.717, 1.165) is 6.07 Å². The summed E-state index contributed by atoms with van der Waals surface area (Å²) in [7, 11) is -0.408. The Hall–Kier alpha value is -3.98. The Labute approximate surface area is 293 Å². The van der Waals surface area contributed by atoms with Crippen molar-refractivity contribution in [3.63, 3.8) is 0 Å². The van der Waals surface area contributed by atoms with Gasteiger partial charge in [-0.15, -0.1) is 0 Å². The van der Waals surface area contributed by atoms with Crippen molar-refractivity contribution < 1.29 is 22.7 Å². The number of aryl methyl sites for hydroxylation is 1. The number of amides is 1. The van der Waals surface area contributed by atoms with Crippen LogP contribution in [0.2, 0.25) is 23.2 Å². The molecule has 2 aromatic carbocycles. The van der Waals surface area contributed by atoms with E-state index in [1.54, 1.807) is 44.6 Å². The van der Waals surface area contributed by atoms with Crippen LogP contribution in [0.3, 0.4) is 0 Å². The summed E-state index contributed by atoms with van der Waals surface area (Å²) in [5.41, 5.74) is 7.66. The number of hydrogen-bond acceptors (Lipinski definition) is 6. The van der Waals surface area contributed by atoms with E-state index in [1.807, 2.05) is 26.0 Å². The average Bonchev–Trinajstić information content (AvgIpc) is 3.23. The Morgan fingerprint density at radius 2 is 1.63 bits per heavy atom. The van der Waals surface area contributed by atoms with Crippen LogP contribution in [0.4, 0.5) is 19.4 Å². The zero-order valence-electron chi connectivity index (χ0n) is 30.1. The smallest absolute Gasteiger partial charge is 0.408 e. The summed E-state index contributed by atoms with van der Waals surface area (Å²) in [5, 5.41) is 8.26. The lowest BCUT2D eigenvalue weighted by Gasteiger charge is -2.40. The number of nitrogens with one attached hydrogen (secondary N) is 1. The summed E-state index contributed by atoms with van der Waals surface area (Å²) < 4.78 is 42.7. The lowest BCUT2D eigenvalue weighted by atomic mass is 9.94. The molecule has 2 aromatic heterocycles. The minimum Gasteiger partial charge on any atom is -0.444 e. The number of hydrogen-bond donors (Lipinski definition) is 2. The number of anilines is 1. The van der Waals surface area contributed by atoms with Gasteiger partial charge in [0.25, 0.3) is 0 Å². The molecular formula is C37H46ClF2N5O3Si. The van der Waals surface area contributed by atoms with Gasteiger partial charge in [0.2, 0.25) is 0 Å². The summed E-state index contributed by atoms with van der Waals surface area (Å²) in [6.07, 6.45) is -0.747. The maximum atomic E-state index is 14.4. The third-order valence-corrected chi connectivity index (χ3v) is 13.3. The van der Waals surface area contributed by atoms with Crippen LogP contribution in [0.5, 0.6) is 0 Å². The van der Waals surface area contributed by atoms with Gasteiger partial charge in [0.15, 0.2) is 14.1 Å². The number of aromatic nitrogens is 3. The van der Waals surface area contributed by atoms with E-state index in [0.29, 0.717) is 44.0 Å². The molecule has 0 unspecified atom stereocenters. The third-order valence-electron chi connectivity index (χ3n) is 8.37. The molecule has 0 aliphatic heterocycles. The first-order chi connectivity index (χ1) is 22.5. The summed E-state index contributed by atoms with van der Waals surface area (Å²) >= 11 is 6.57. The second-order valence-corrected chi connectivity index (χ2v) is 20.4. The Morgan fingerprint density at radius 1 is 1.02 bits per heavy atom. The van der Waals surface area contributed by atoms with Crippen LogP contribution in [0.15, 0.2) is 42.5 Å². The van der Waals surface area contributed by atoms with E-state index >= 15 is 0 Å². The van der Waals surface area contributed by atoms with Crippen molar-refractivity contribution in [2.24, 2.45) is 7.05 Å². The molecule has 4 aromatic rings. The predicted molar refractivity (Wildman–Crippen MR) is 195 cm³/mol. The van der Waals surface area contributed by atoms with Crippen LogP contribution in [0.1, 0.15) is 78.4 Å². The standard InChI is InChI=1S/C37H46ClF2N5O3Si/c1-35(2,3)47-34(46)43-29(20-22-18-23(39)21-24(40)19-22)31-26(27-14-15-28(38)30-32(27)45(9)44-33(30)41)13-12-25(42-31)16-17-37(7,8)48-49(10,11)36(4,5)6/h12-15,18-19,21,29H,20H2,1-11H3,(H2,41,44)(H,43,46)/t29-/m0/s1. The van der Waals surface area contributed by atoms with Crippen LogP contribution in [0, 0.1) is 23.5 Å². The van der Waals surface area contributed by atoms with Crippen LogP contribution < -0.4 is 11.1 Å². The van der Waals surface area contributed by atoms with Gasteiger partial charge in [-0.25, -0.2) is 18.6 Å². The van der Waals surface area contributed by atoms with Gasteiger partial charge in [-0.1, -0.05) is 44.4 Å². The number of nitrogens with zero attached hydrogens (tertiary/aromatic N) is 3. The highest BCUT2D eigenvalue weighted by molar-refractivity contribution is 6.74. The Balaban J connectivity index is 1.95. The van der Waals surface area contributed by atoms with Gasteiger partial charge < -0.3 is 20.2 Å². The fourth-order valence-corrected chi connectivity index (χ4v) is 7.21. The fraction of sp³-hybridized carbons (Fsp3) is 0.432. The van der Waals surface area contributed by atoms with Gasteiger partial charge in [0, 0.05) is 24.2 Å². The minimum absolute atomic E-state index is 0.0188. The van der Waals surface area contributed by atoms with Gasteiger partial charge >= 0.3 is 6.09 Å². The van der Waals surface area contributed by atoms with Crippen molar-refractivity contribution in [2.45, 2.75) is 97.2 Å². The maximum Gasteiger partial charge on any atom is 0.408 e. The second-order valence-electron chi connectivity index (χ2n) is 15.3. The highest BCUT2D eigenvalue weighted by Crippen LogP contribution is 2.40. The van der Waals surface area contributed by atoms with Gasteiger partial charge in [0.05, 0.1) is 27.7 Å². The second kappa shape index (κ2) is 13.7. The number of carbonyl (C=O) groups is 1. The number of fused-ring (bicyclic) bond motifs is 1. The molecule has 3 N–H and O–H groups in total. The first-order valence-electron chi connectivity index (χ1n) is 16.1. The molecular weight excluding hydrogens is 664 g/mol. The number of halogens is 3. The lowest BCUT2D eigenvalue weighted by molar-refractivity contribution is 0.0502. The average molecular weight is 710 g/mol. The van der Waals surface area contributed by atoms with Crippen LogP contribution in [-0.2, 0) is 22.6 Å². The highest BCUT2D eigenvalue weighted by atomic mass is 35.5. The molecule has 1 atom stereocenters. The largest absolute Gasteiger partial charge is 0.444 e.